The molecule has 1 aromatic carbocycles. The zero-order chi connectivity index (χ0) is 13.2. The van der Waals surface area contributed by atoms with E-state index in [1.54, 1.807) is 12.1 Å². The van der Waals surface area contributed by atoms with E-state index >= 15 is 0 Å². The SMILES string of the molecule is Nc1c(Cl)cccc1-c1nc(CC2CCCO2)no1. The minimum Gasteiger partial charge on any atom is -0.397 e. The van der Waals surface area contributed by atoms with Gasteiger partial charge < -0.3 is 15.0 Å². The Hall–Kier alpha value is -1.59. The molecule has 100 valence electrons. The van der Waals surface area contributed by atoms with Crippen LogP contribution in [0, 0.1) is 0 Å². The zero-order valence-corrected chi connectivity index (χ0v) is 11.1. The van der Waals surface area contributed by atoms with E-state index in [1.165, 1.54) is 0 Å². The van der Waals surface area contributed by atoms with Gasteiger partial charge in [0, 0.05) is 13.0 Å². The van der Waals surface area contributed by atoms with Crippen LogP contribution >= 0.6 is 11.6 Å². The summed E-state index contributed by atoms with van der Waals surface area (Å²) in [7, 11) is 0. The molecule has 1 aliphatic heterocycles. The number of hydrogen-bond donors (Lipinski definition) is 1. The molecule has 5 nitrogen and oxygen atoms in total. The Morgan fingerprint density at radius 3 is 3.11 bits per heavy atom. The van der Waals surface area contributed by atoms with Crippen molar-refractivity contribution in [1.82, 2.24) is 10.1 Å². The van der Waals surface area contributed by atoms with E-state index in [1.807, 2.05) is 6.07 Å². The summed E-state index contributed by atoms with van der Waals surface area (Å²) in [6, 6.07) is 5.34. The fraction of sp³-hybridized carbons (Fsp3) is 0.385. The molecule has 6 heteroatoms. The number of nitrogens with zero attached hydrogens (tertiary/aromatic N) is 2. The molecule has 0 radical (unpaired) electrons. The number of rotatable bonds is 3. The van der Waals surface area contributed by atoms with Crippen LogP contribution < -0.4 is 5.73 Å². The lowest BCUT2D eigenvalue weighted by Gasteiger charge is -2.04. The highest BCUT2D eigenvalue weighted by Gasteiger charge is 2.20. The van der Waals surface area contributed by atoms with Crippen LogP contribution in [0.3, 0.4) is 0 Å². The van der Waals surface area contributed by atoms with Gasteiger partial charge in [-0.15, -0.1) is 0 Å². The maximum atomic E-state index is 5.97. The number of nitrogen functional groups attached to an aromatic ring is 1. The molecule has 0 saturated carbocycles. The Balaban J connectivity index is 1.82. The second-order valence-electron chi connectivity index (χ2n) is 4.56. The van der Waals surface area contributed by atoms with Crippen LogP contribution in [0.25, 0.3) is 11.5 Å². The molecule has 0 amide bonds. The molecule has 2 aromatic rings. The highest BCUT2D eigenvalue weighted by atomic mass is 35.5. The van der Waals surface area contributed by atoms with Crippen molar-refractivity contribution in [3.8, 4) is 11.5 Å². The smallest absolute Gasteiger partial charge is 0.260 e. The Bertz CT molecular complexity index is 579. The highest BCUT2D eigenvalue weighted by molar-refractivity contribution is 6.33. The number of nitrogens with two attached hydrogens (primary N) is 1. The molecule has 3 rings (SSSR count). The third-order valence-corrected chi connectivity index (χ3v) is 3.52. The minimum atomic E-state index is 0.196. The lowest BCUT2D eigenvalue weighted by Crippen LogP contribution is -2.09. The predicted molar refractivity (Wildman–Crippen MR) is 71.8 cm³/mol. The molecule has 1 unspecified atom stereocenters. The van der Waals surface area contributed by atoms with Crippen LogP contribution in [0.2, 0.25) is 5.02 Å². The number of anilines is 1. The summed E-state index contributed by atoms with van der Waals surface area (Å²) < 4.78 is 10.8. The van der Waals surface area contributed by atoms with Gasteiger partial charge in [-0.25, -0.2) is 0 Å². The summed E-state index contributed by atoms with van der Waals surface area (Å²) in [5.41, 5.74) is 7.02. The van der Waals surface area contributed by atoms with E-state index in [2.05, 4.69) is 10.1 Å². The van der Waals surface area contributed by atoms with E-state index in [4.69, 9.17) is 26.6 Å². The van der Waals surface area contributed by atoms with Crippen molar-refractivity contribution in [2.75, 3.05) is 12.3 Å². The normalized spacial score (nSPS) is 18.9. The van der Waals surface area contributed by atoms with Gasteiger partial charge in [-0.05, 0) is 25.0 Å². The number of hydrogen-bond acceptors (Lipinski definition) is 5. The second-order valence-corrected chi connectivity index (χ2v) is 4.96. The van der Waals surface area contributed by atoms with Crippen LogP contribution in [0.15, 0.2) is 22.7 Å². The van der Waals surface area contributed by atoms with Crippen molar-refractivity contribution >= 4 is 17.3 Å². The first kappa shape index (κ1) is 12.4. The molecule has 1 saturated heterocycles. The van der Waals surface area contributed by atoms with E-state index in [-0.39, 0.29) is 6.10 Å². The first-order chi connectivity index (χ1) is 9.24. The monoisotopic (exact) mass is 279 g/mol. The molecular formula is C13H14ClN3O2. The third-order valence-electron chi connectivity index (χ3n) is 3.19. The maximum Gasteiger partial charge on any atom is 0.260 e. The quantitative estimate of drug-likeness (QED) is 0.875. The average molecular weight is 280 g/mol. The third kappa shape index (κ3) is 2.57. The van der Waals surface area contributed by atoms with Gasteiger partial charge in [0.25, 0.3) is 5.89 Å². The molecule has 0 bridgehead atoms. The molecule has 2 heterocycles. The van der Waals surface area contributed by atoms with E-state index in [9.17, 15) is 0 Å². The number of halogens is 1. The van der Waals surface area contributed by atoms with Gasteiger partial charge >= 0.3 is 0 Å². The van der Waals surface area contributed by atoms with Crippen LogP contribution in [0.1, 0.15) is 18.7 Å². The summed E-state index contributed by atoms with van der Waals surface area (Å²) in [6.07, 6.45) is 3.01. The summed E-state index contributed by atoms with van der Waals surface area (Å²) >= 11 is 5.97. The molecule has 1 atom stereocenters. The van der Waals surface area contributed by atoms with Gasteiger partial charge in [0.2, 0.25) is 0 Å². The van der Waals surface area contributed by atoms with Crippen molar-refractivity contribution in [2.45, 2.75) is 25.4 Å². The van der Waals surface area contributed by atoms with Gasteiger partial charge in [0.1, 0.15) is 0 Å². The van der Waals surface area contributed by atoms with Crippen molar-refractivity contribution in [2.24, 2.45) is 0 Å². The number of aromatic nitrogens is 2. The molecule has 0 aliphatic carbocycles. The molecule has 0 spiro atoms. The van der Waals surface area contributed by atoms with Gasteiger partial charge in [-0.2, -0.15) is 4.98 Å². The first-order valence-electron chi connectivity index (χ1n) is 6.22. The van der Waals surface area contributed by atoms with Gasteiger partial charge in [0.15, 0.2) is 5.82 Å². The van der Waals surface area contributed by atoms with Crippen molar-refractivity contribution in [1.29, 1.82) is 0 Å². The fourth-order valence-corrected chi connectivity index (χ4v) is 2.35. The Kier molecular flexibility index (Phi) is 3.40. The van der Waals surface area contributed by atoms with E-state index < -0.39 is 0 Å². The number of ether oxygens (including phenoxy) is 1. The molecular weight excluding hydrogens is 266 g/mol. The largest absolute Gasteiger partial charge is 0.397 e. The minimum absolute atomic E-state index is 0.196. The fourth-order valence-electron chi connectivity index (χ4n) is 2.18. The second kappa shape index (κ2) is 5.19. The number of benzene rings is 1. The summed E-state index contributed by atoms with van der Waals surface area (Å²) in [6.45, 7) is 0.816. The standard InChI is InChI=1S/C13H14ClN3O2/c14-10-5-1-4-9(12(10)15)13-16-11(17-19-13)7-8-3-2-6-18-8/h1,4-5,8H,2-3,6-7,15H2. The van der Waals surface area contributed by atoms with Crippen molar-refractivity contribution < 1.29 is 9.26 Å². The Morgan fingerprint density at radius 2 is 2.32 bits per heavy atom. The highest BCUT2D eigenvalue weighted by Crippen LogP contribution is 2.30. The molecule has 1 aromatic heterocycles. The lowest BCUT2D eigenvalue weighted by molar-refractivity contribution is 0.109. The average Bonchev–Trinajstić information content (AvgIpc) is 3.05. The topological polar surface area (TPSA) is 74.2 Å². The van der Waals surface area contributed by atoms with Crippen molar-refractivity contribution in [3.05, 3.63) is 29.0 Å². The van der Waals surface area contributed by atoms with Gasteiger partial charge in [-0.3, -0.25) is 0 Å². The van der Waals surface area contributed by atoms with Crippen LogP contribution in [-0.4, -0.2) is 22.9 Å². The predicted octanol–water partition coefficient (Wildman–Crippen LogP) is 2.69. The molecule has 19 heavy (non-hydrogen) atoms. The van der Waals surface area contributed by atoms with Crippen molar-refractivity contribution in [3.63, 3.8) is 0 Å². The van der Waals surface area contributed by atoms with Gasteiger partial charge in [0.05, 0.1) is 22.4 Å². The van der Waals surface area contributed by atoms with Crippen LogP contribution in [0.4, 0.5) is 5.69 Å². The summed E-state index contributed by atoms with van der Waals surface area (Å²) in [4.78, 5) is 4.35. The maximum absolute atomic E-state index is 5.97. The van der Waals surface area contributed by atoms with Crippen LogP contribution in [-0.2, 0) is 11.2 Å². The first-order valence-corrected chi connectivity index (χ1v) is 6.60. The molecule has 1 aliphatic rings. The zero-order valence-electron chi connectivity index (χ0n) is 10.3. The summed E-state index contributed by atoms with van der Waals surface area (Å²) in [5, 5.41) is 4.44. The molecule has 1 fully saturated rings. The molecule has 2 N–H and O–H groups in total. The van der Waals surface area contributed by atoms with E-state index in [0.717, 1.165) is 19.4 Å². The van der Waals surface area contributed by atoms with E-state index in [0.29, 0.717) is 34.4 Å². The van der Waals surface area contributed by atoms with Gasteiger partial charge in [-0.1, -0.05) is 22.8 Å². The lowest BCUT2D eigenvalue weighted by atomic mass is 10.1. The summed E-state index contributed by atoms with van der Waals surface area (Å²) in [5.74, 6) is 1.04. The van der Waals surface area contributed by atoms with Crippen LogP contribution in [0.5, 0.6) is 0 Å². The Morgan fingerprint density at radius 1 is 1.42 bits per heavy atom. The Labute approximate surface area is 115 Å². The number of para-hydroxylation sites is 1.